The summed E-state index contributed by atoms with van der Waals surface area (Å²) in [5.41, 5.74) is 0. The Bertz CT molecular complexity index is 181. The lowest BCUT2D eigenvalue weighted by molar-refractivity contribution is -0.142. The van der Waals surface area contributed by atoms with E-state index in [0.717, 1.165) is 0 Å². The van der Waals surface area contributed by atoms with Crippen LogP contribution in [-0.4, -0.2) is 33.4 Å². The van der Waals surface area contributed by atoms with Crippen molar-refractivity contribution in [2.45, 2.75) is 12.8 Å². The van der Waals surface area contributed by atoms with Gasteiger partial charge in [-0.15, -0.1) is 0 Å². The largest absolute Gasteiger partial charge is 0.461 e. The summed E-state index contributed by atoms with van der Waals surface area (Å²) in [6, 6.07) is 0. The fourth-order valence-corrected chi connectivity index (χ4v) is 1.40. The van der Waals surface area contributed by atoms with Crippen LogP contribution in [0.1, 0.15) is 12.8 Å². The highest BCUT2D eigenvalue weighted by Crippen LogP contribution is 2.37. The molecule has 6 heteroatoms. The Morgan fingerprint density at radius 1 is 1.40 bits per heavy atom. The first-order chi connectivity index (χ1) is 7.24. The number of hydrogen-bond donors (Lipinski definition) is 0. The topological polar surface area (TPSA) is 54.0 Å². The first-order valence-electron chi connectivity index (χ1n) is 4.52. The van der Waals surface area contributed by atoms with Crippen molar-refractivity contribution >= 4 is 14.6 Å². The second kappa shape index (κ2) is 10.1. The molecule has 0 aromatic heterocycles. The van der Waals surface area contributed by atoms with Gasteiger partial charge in [-0.1, -0.05) is 12.7 Å². The molecule has 0 amide bonds. The maximum Gasteiger partial charge on any atom is 0.332 e. The van der Waals surface area contributed by atoms with Crippen molar-refractivity contribution in [3.05, 3.63) is 12.7 Å². The van der Waals surface area contributed by atoms with E-state index in [1.807, 2.05) is 0 Å². The molecule has 0 bridgehead atoms. The minimum absolute atomic E-state index is 0.252. The molecule has 0 aliphatic heterocycles. The maximum absolute atomic E-state index is 11.0. The first kappa shape index (κ1) is 14.5. The molecule has 0 rings (SSSR count). The van der Waals surface area contributed by atoms with Gasteiger partial charge >= 0.3 is 14.6 Å². The smallest absolute Gasteiger partial charge is 0.332 e. The molecule has 0 spiro atoms. The van der Waals surface area contributed by atoms with Crippen LogP contribution >= 0.6 is 8.60 Å². The normalized spacial score (nSPS) is 10.3. The van der Waals surface area contributed by atoms with Gasteiger partial charge < -0.3 is 18.3 Å². The predicted octanol–water partition coefficient (Wildman–Crippen LogP) is 2.03. The summed E-state index contributed by atoms with van der Waals surface area (Å²) in [7, 11) is 1.75. The summed E-state index contributed by atoms with van der Waals surface area (Å²) in [5, 5.41) is 0. The van der Waals surface area contributed by atoms with Crippen molar-refractivity contribution in [1.82, 2.24) is 0 Å². The average Bonchev–Trinajstić information content (AvgIpc) is 2.26. The van der Waals surface area contributed by atoms with Crippen molar-refractivity contribution in [3.8, 4) is 0 Å². The van der Waals surface area contributed by atoms with Crippen molar-refractivity contribution in [2.24, 2.45) is 0 Å². The Balaban J connectivity index is 3.36. The summed E-state index contributed by atoms with van der Waals surface area (Å²) in [6.07, 6.45) is 2.44. The zero-order chi connectivity index (χ0) is 11.5. The molecule has 0 heterocycles. The molecule has 88 valence electrons. The Morgan fingerprint density at radius 2 is 2.07 bits per heavy atom. The molecule has 0 aromatic carbocycles. The Morgan fingerprint density at radius 3 is 2.60 bits per heavy atom. The van der Waals surface area contributed by atoms with Gasteiger partial charge in [0.2, 0.25) is 0 Å². The van der Waals surface area contributed by atoms with E-state index in [0.29, 0.717) is 19.4 Å². The van der Waals surface area contributed by atoms with Crippen molar-refractivity contribution in [3.63, 3.8) is 0 Å². The van der Waals surface area contributed by atoms with Gasteiger partial charge in [-0.25, -0.2) is 0 Å². The Labute approximate surface area is 91.3 Å². The lowest BCUT2D eigenvalue weighted by atomic mass is 10.3. The van der Waals surface area contributed by atoms with Crippen LogP contribution in [0.3, 0.4) is 0 Å². The van der Waals surface area contributed by atoms with E-state index in [2.05, 4.69) is 6.58 Å². The predicted molar refractivity (Wildman–Crippen MR) is 57.3 cm³/mol. The molecule has 0 N–H and O–H groups in total. The van der Waals surface area contributed by atoms with Crippen LogP contribution in [0.25, 0.3) is 0 Å². The Kier molecular flexibility index (Phi) is 9.73. The molecule has 0 radical (unpaired) electrons. The monoisotopic (exact) mass is 236 g/mol. The molecule has 0 atom stereocenters. The second-order valence-corrected chi connectivity index (χ2v) is 3.93. The number of esters is 1. The summed E-state index contributed by atoms with van der Waals surface area (Å²) < 4.78 is 19.7. The molecule has 0 aliphatic rings. The molecule has 0 saturated heterocycles. The summed E-state index contributed by atoms with van der Waals surface area (Å²) in [4.78, 5) is 11.0. The van der Waals surface area contributed by atoms with Crippen LogP contribution in [0.15, 0.2) is 12.7 Å². The van der Waals surface area contributed by atoms with Gasteiger partial charge in [-0.2, -0.15) is 0 Å². The van der Waals surface area contributed by atoms with Crippen LogP contribution in [0.2, 0.25) is 0 Å². The number of carbonyl (C=O) groups is 1. The lowest BCUT2D eigenvalue weighted by Gasteiger charge is -2.10. The zero-order valence-corrected chi connectivity index (χ0v) is 10.00. The van der Waals surface area contributed by atoms with Crippen LogP contribution < -0.4 is 0 Å². The van der Waals surface area contributed by atoms with Gasteiger partial charge in [0.15, 0.2) is 0 Å². The highest BCUT2D eigenvalue weighted by atomic mass is 31.2. The van der Waals surface area contributed by atoms with E-state index in [9.17, 15) is 4.79 Å². The molecule has 0 unspecified atom stereocenters. The van der Waals surface area contributed by atoms with Crippen LogP contribution in [-0.2, 0) is 23.1 Å². The molecule has 0 fully saturated rings. The lowest BCUT2D eigenvalue weighted by Crippen LogP contribution is -2.05. The Hall–Kier alpha value is -0.480. The third-order valence-electron chi connectivity index (χ3n) is 1.38. The minimum Gasteiger partial charge on any atom is -0.461 e. The SMILES string of the molecule is C=CCOC(=O)CCCOP(OC)OC. The number of hydrogen-bond acceptors (Lipinski definition) is 5. The van der Waals surface area contributed by atoms with E-state index >= 15 is 0 Å². The van der Waals surface area contributed by atoms with Gasteiger partial charge in [-0.05, 0) is 6.42 Å². The molecule has 5 nitrogen and oxygen atoms in total. The summed E-state index contributed by atoms with van der Waals surface area (Å²) in [5.74, 6) is -0.252. The third-order valence-corrected chi connectivity index (χ3v) is 2.37. The molecule has 0 saturated carbocycles. The highest BCUT2D eigenvalue weighted by Gasteiger charge is 2.08. The second-order valence-electron chi connectivity index (χ2n) is 2.50. The quantitative estimate of drug-likeness (QED) is 0.265. The molecule has 0 aliphatic carbocycles. The average molecular weight is 236 g/mol. The third kappa shape index (κ3) is 8.51. The number of carbonyl (C=O) groups excluding carboxylic acids is 1. The summed E-state index contributed by atoms with van der Waals surface area (Å²) >= 11 is 0. The molecular formula is C9H17O5P. The van der Waals surface area contributed by atoms with E-state index in [-0.39, 0.29) is 12.6 Å². The van der Waals surface area contributed by atoms with Gasteiger partial charge in [0.05, 0.1) is 6.61 Å². The number of rotatable bonds is 9. The standard InChI is InChI=1S/C9H17O5P/c1-4-7-13-9(10)6-5-8-14-15(11-2)12-3/h4H,1,5-8H2,2-3H3. The van der Waals surface area contributed by atoms with Crippen molar-refractivity contribution in [2.75, 3.05) is 27.4 Å². The van der Waals surface area contributed by atoms with E-state index in [4.69, 9.17) is 18.3 Å². The molecular weight excluding hydrogens is 219 g/mol. The van der Waals surface area contributed by atoms with E-state index < -0.39 is 8.60 Å². The van der Waals surface area contributed by atoms with E-state index in [1.54, 1.807) is 0 Å². The van der Waals surface area contributed by atoms with Crippen LogP contribution in [0.5, 0.6) is 0 Å². The summed E-state index contributed by atoms with van der Waals surface area (Å²) in [6.45, 7) is 4.11. The zero-order valence-electron chi connectivity index (χ0n) is 9.10. The van der Waals surface area contributed by atoms with Gasteiger partial charge in [0.25, 0.3) is 0 Å². The maximum atomic E-state index is 11.0. The molecule has 0 aromatic rings. The van der Waals surface area contributed by atoms with Crippen LogP contribution in [0.4, 0.5) is 0 Å². The fourth-order valence-electron chi connectivity index (χ4n) is 0.760. The van der Waals surface area contributed by atoms with Gasteiger partial charge in [0.1, 0.15) is 6.61 Å². The fraction of sp³-hybridized carbons (Fsp3) is 0.667. The van der Waals surface area contributed by atoms with Crippen molar-refractivity contribution in [1.29, 1.82) is 0 Å². The molecule has 15 heavy (non-hydrogen) atoms. The van der Waals surface area contributed by atoms with Gasteiger partial charge in [-0.3, -0.25) is 4.79 Å². The highest BCUT2D eigenvalue weighted by molar-refractivity contribution is 7.41. The number of ether oxygens (including phenoxy) is 1. The van der Waals surface area contributed by atoms with Crippen LogP contribution in [0, 0.1) is 0 Å². The first-order valence-corrected chi connectivity index (χ1v) is 5.62. The van der Waals surface area contributed by atoms with Crippen molar-refractivity contribution < 1.29 is 23.1 Å². The van der Waals surface area contributed by atoms with E-state index in [1.165, 1.54) is 20.3 Å². The minimum atomic E-state index is -1.27. The van der Waals surface area contributed by atoms with Gasteiger partial charge in [0, 0.05) is 20.6 Å².